The molecule has 0 spiro atoms. The van der Waals surface area contributed by atoms with Gasteiger partial charge in [-0.3, -0.25) is 9.20 Å². The number of rotatable bonds is 3. The second-order valence-corrected chi connectivity index (χ2v) is 8.52. The first-order chi connectivity index (χ1) is 15.0. The van der Waals surface area contributed by atoms with Gasteiger partial charge >= 0.3 is 5.69 Å². The van der Waals surface area contributed by atoms with Crippen LogP contribution in [0.3, 0.4) is 0 Å². The number of fused-ring (bicyclic) bond motifs is 1. The highest BCUT2D eigenvalue weighted by atomic mass is 16.5. The van der Waals surface area contributed by atoms with Gasteiger partial charge in [0.15, 0.2) is 11.4 Å². The maximum atomic E-state index is 12.9. The average molecular weight is 425 g/mol. The summed E-state index contributed by atoms with van der Waals surface area (Å²) in [6.07, 6.45) is 6.98. The van der Waals surface area contributed by atoms with Crippen molar-refractivity contribution in [2.24, 2.45) is 0 Å². The van der Waals surface area contributed by atoms with Gasteiger partial charge in [0.1, 0.15) is 12.4 Å². The summed E-state index contributed by atoms with van der Waals surface area (Å²) in [5.74, 6) is 1.62. The van der Waals surface area contributed by atoms with E-state index in [1.54, 1.807) is 10.6 Å². The van der Waals surface area contributed by atoms with Crippen molar-refractivity contribution >= 4 is 17.2 Å². The fourth-order valence-electron chi connectivity index (χ4n) is 4.42. The summed E-state index contributed by atoms with van der Waals surface area (Å²) in [6.45, 7) is 7.19. The van der Waals surface area contributed by atoms with Crippen molar-refractivity contribution in [2.75, 3.05) is 37.7 Å². The second kappa shape index (κ2) is 7.79. The highest BCUT2D eigenvalue weighted by molar-refractivity contribution is 5.94. The lowest BCUT2D eigenvalue weighted by molar-refractivity contribution is -0.128. The molecule has 1 N–H and O–H groups in total. The predicted octanol–water partition coefficient (Wildman–Crippen LogP) is 1.62. The zero-order valence-corrected chi connectivity index (χ0v) is 18.0. The van der Waals surface area contributed by atoms with Gasteiger partial charge in [0.25, 0.3) is 5.91 Å². The van der Waals surface area contributed by atoms with Crippen LogP contribution in [0.2, 0.25) is 0 Å². The molecule has 1 saturated heterocycles. The molecular formula is C22H28N6O3. The smallest absolute Gasteiger partial charge is 0.350 e. The van der Waals surface area contributed by atoms with E-state index in [1.807, 2.05) is 37.0 Å². The Morgan fingerprint density at radius 2 is 2.00 bits per heavy atom. The van der Waals surface area contributed by atoms with Crippen LogP contribution in [0.1, 0.15) is 39.2 Å². The Kier molecular flexibility index (Phi) is 4.95. The normalized spacial score (nSPS) is 19.3. The van der Waals surface area contributed by atoms with E-state index < -0.39 is 0 Å². The number of ether oxygens (including phenoxy) is 1. The van der Waals surface area contributed by atoms with Crippen LogP contribution in [0, 0.1) is 0 Å². The number of aromatic nitrogens is 3. The van der Waals surface area contributed by atoms with Gasteiger partial charge in [-0.05, 0) is 45.3 Å². The average Bonchev–Trinajstić information content (AvgIpc) is 3.14. The molecule has 0 aromatic carbocycles. The van der Waals surface area contributed by atoms with Gasteiger partial charge in [0.05, 0.1) is 12.6 Å². The monoisotopic (exact) mass is 424 g/mol. The molecule has 1 fully saturated rings. The van der Waals surface area contributed by atoms with Gasteiger partial charge in [-0.1, -0.05) is 0 Å². The van der Waals surface area contributed by atoms with Crippen molar-refractivity contribution in [1.82, 2.24) is 24.4 Å². The molecule has 1 amide bonds. The minimum absolute atomic E-state index is 0.00504. The molecule has 0 aliphatic carbocycles. The molecule has 164 valence electrons. The van der Waals surface area contributed by atoms with Crippen LogP contribution in [-0.2, 0) is 9.53 Å². The Morgan fingerprint density at radius 3 is 2.77 bits per heavy atom. The lowest BCUT2D eigenvalue weighted by Gasteiger charge is -2.36. The standard InChI is InChI=1S/C22H28N6O3/c1-15(2)28-22(30)27-9-6-17(13-19(27)24-28)26-10-11-31-18-12-16(14-23-20(18)26)21(29)25-7-4-3-5-8-25/h6,9,12-13,15,23H,3-5,7-8,10-11,14H2,1-2H3. The topological polar surface area (TPSA) is 84.1 Å². The third-order valence-corrected chi connectivity index (χ3v) is 6.08. The summed E-state index contributed by atoms with van der Waals surface area (Å²) in [7, 11) is 0. The maximum absolute atomic E-state index is 12.9. The molecule has 5 rings (SSSR count). The fraction of sp³-hybridized carbons (Fsp3) is 0.500. The second-order valence-electron chi connectivity index (χ2n) is 8.52. The molecule has 2 aromatic heterocycles. The quantitative estimate of drug-likeness (QED) is 0.806. The van der Waals surface area contributed by atoms with E-state index in [9.17, 15) is 9.59 Å². The van der Waals surface area contributed by atoms with Crippen LogP contribution in [0.4, 0.5) is 5.69 Å². The van der Waals surface area contributed by atoms with E-state index in [2.05, 4.69) is 15.3 Å². The number of carbonyl (C=O) groups excluding carboxylic acids is 1. The van der Waals surface area contributed by atoms with Gasteiger partial charge in [-0.2, -0.15) is 0 Å². The van der Waals surface area contributed by atoms with Crippen molar-refractivity contribution < 1.29 is 9.53 Å². The Hall–Kier alpha value is -3.23. The number of likely N-dealkylation sites (tertiary alicyclic amines) is 1. The summed E-state index contributed by atoms with van der Waals surface area (Å²) in [6, 6.07) is 3.82. The van der Waals surface area contributed by atoms with E-state index in [0.29, 0.717) is 31.1 Å². The third-order valence-electron chi connectivity index (χ3n) is 6.08. The van der Waals surface area contributed by atoms with Crippen LogP contribution >= 0.6 is 0 Å². The van der Waals surface area contributed by atoms with E-state index in [1.165, 1.54) is 11.1 Å². The number of hydrogen-bond donors (Lipinski definition) is 1. The minimum atomic E-state index is -0.141. The van der Waals surface area contributed by atoms with Crippen LogP contribution in [0.25, 0.3) is 5.65 Å². The van der Waals surface area contributed by atoms with Gasteiger partial charge in [0, 0.05) is 43.2 Å². The number of allylic oxidation sites excluding steroid dienone is 1. The number of nitrogens with one attached hydrogen (secondary N) is 1. The molecule has 2 aromatic rings. The highest BCUT2D eigenvalue weighted by Gasteiger charge is 2.29. The van der Waals surface area contributed by atoms with Crippen LogP contribution in [-0.4, -0.2) is 57.8 Å². The summed E-state index contributed by atoms with van der Waals surface area (Å²) in [5.41, 5.74) is 2.13. The minimum Gasteiger partial charge on any atom is -0.488 e. The first kappa shape index (κ1) is 19.7. The molecule has 0 radical (unpaired) electrons. The zero-order chi connectivity index (χ0) is 21.5. The van der Waals surface area contributed by atoms with Crippen molar-refractivity contribution in [3.8, 4) is 0 Å². The largest absolute Gasteiger partial charge is 0.488 e. The molecule has 3 aliphatic heterocycles. The summed E-state index contributed by atoms with van der Waals surface area (Å²) in [5, 5.41) is 7.86. The molecule has 0 unspecified atom stereocenters. The van der Waals surface area contributed by atoms with E-state index in [-0.39, 0.29) is 17.6 Å². The Morgan fingerprint density at radius 1 is 1.19 bits per heavy atom. The first-order valence-electron chi connectivity index (χ1n) is 11.0. The van der Waals surface area contributed by atoms with Gasteiger partial charge in [-0.25, -0.2) is 9.48 Å². The van der Waals surface area contributed by atoms with Gasteiger partial charge < -0.3 is 19.9 Å². The van der Waals surface area contributed by atoms with E-state index in [4.69, 9.17) is 4.74 Å². The highest BCUT2D eigenvalue weighted by Crippen LogP contribution is 2.28. The number of pyridine rings is 1. The first-order valence-corrected chi connectivity index (χ1v) is 11.0. The summed E-state index contributed by atoms with van der Waals surface area (Å²) in [4.78, 5) is 29.4. The Labute approximate surface area is 180 Å². The molecule has 3 aliphatic rings. The summed E-state index contributed by atoms with van der Waals surface area (Å²) >= 11 is 0. The number of anilines is 1. The molecule has 9 nitrogen and oxygen atoms in total. The number of dihydropyridines is 1. The van der Waals surface area contributed by atoms with Crippen molar-refractivity contribution in [3.63, 3.8) is 0 Å². The molecule has 0 bridgehead atoms. The van der Waals surface area contributed by atoms with Crippen LogP contribution in [0.15, 0.2) is 46.4 Å². The van der Waals surface area contributed by atoms with Crippen molar-refractivity contribution in [2.45, 2.75) is 39.2 Å². The predicted molar refractivity (Wildman–Crippen MR) is 117 cm³/mol. The van der Waals surface area contributed by atoms with E-state index >= 15 is 0 Å². The fourth-order valence-corrected chi connectivity index (χ4v) is 4.42. The molecule has 0 atom stereocenters. The Bertz CT molecular complexity index is 1140. The SMILES string of the molecule is CC(C)n1nc2cc(N3CCOC4=C3NCC(C(=O)N3CCCCC3)=C4)ccn2c1=O. The number of hydrogen-bond acceptors (Lipinski definition) is 6. The number of amides is 1. The van der Waals surface area contributed by atoms with E-state index in [0.717, 1.165) is 43.0 Å². The molecule has 5 heterocycles. The van der Waals surface area contributed by atoms with Crippen LogP contribution in [0.5, 0.6) is 0 Å². The molecule has 0 saturated carbocycles. The molecule has 31 heavy (non-hydrogen) atoms. The summed E-state index contributed by atoms with van der Waals surface area (Å²) < 4.78 is 8.94. The number of carbonyl (C=O) groups is 1. The number of nitrogens with zero attached hydrogens (tertiary/aromatic N) is 5. The van der Waals surface area contributed by atoms with Gasteiger partial charge in [-0.15, -0.1) is 5.10 Å². The maximum Gasteiger partial charge on any atom is 0.350 e. The van der Waals surface area contributed by atoms with Gasteiger partial charge in [0.2, 0.25) is 0 Å². The lowest BCUT2D eigenvalue weighted by atomic mass is 10.1. The molecular weight excluding hydrogens is 396 g/mol. The number of piperidine rings is 1. The lowest BCUT2D eigenvalue weighted by Crippen LogP contribution is -2.44. The Balaban J connectivity index is 1.45. The zero-order valence-electron chi connectivity index (χ0n) is 18.0. The third kappa shape index (κ3) is 3.47. The van der Waals surface area contributed by atoms with Crippen molar-refractivity contribution in [1.29, 1.82) is 0 Å². The molecule has 9 heteroatoms. The van der Waals surface area contributed by atoms with Crippen molar-refractivity contribution in [3.05, 3.63) is 52.0 Å². The van der Waals surface area contributed by atoms with Crippen LogP contribution < -0.4 is 15.9 Å².